The molecule has 1 atom stereocenters. The van der Waals surface area contributed by atoms with Gasteiger partial charge in [-0.25, -0.2) is 0 Å². The van der Waals surface area contributed by atoms with Gasteiger partial charge in [0.15, 0.2) is 0 Å². The second-order valence-corrected chi connectivity index (χ2v) is 9.31. The van der Waals surface area contributed by atoms with E-state index in [9.17, 15) is 14.5 Å². The molecule has 35 heavy (non-hydrogen) atoms. The predicted molar refractivity (Wildman–Crippen MR) is 136 cm³/mol. The van der Waals surface area contributed by atoms with Crippen molar-refractivity contribution in [1.29, 1.82) is 0 Å². The van der Waals surface area contributed by atoms with Crippen molar-refractivity contribution in [3.8, 4) is 5.75 Å². The van der Waals surface area contributed by atoms with Crippen LogP contribution in [0.2, 0.25) is 10.0 Å². The maximum atomic E-state index is 13.0. The lowest BCUT2D eigenvalue weighted by atomic mass is 10.0. The molecule has 0 aliphatic carbocycles. The highest BCUT2D eigenvalue weighted by Gasteiger charge is 2.28. The van der Waals surface area contributed by atoms with Gasteiger partial charge in [0, 0.05) is 29.9 Å². The summed E-state index contributed by atoms with van der Waals surface area (Å²) in [5, 5.41) is 2.96. The van der Waals surface area contributed by atoms with Crippen LogP contribution in [0.5, 0.6) is 5.75 Å². The van der Waals surface area contributed by atoms with Crippen molar-refractivity contribution in [1.82, 2.24) is 9.47 Å². The standard InChI is InChI=1S/C26H25Cl2N3O4/c1-35-20-5-2-4-19(14-20)23-6-3-12-30(23)16-24-21(27)15-22(28)26(33)31(24)13-11-17-7-9-18(10-8-17)25(32)29-34/h2,4-5,7-10,14-15,23H,3,6,11-13,16H2,1H3. The summed E-state index contributed by atoms with van der Waals surface area (Å²) >= 11 is 12.8. The van der Waals surface area contributed by atoms with E-state index in [1.54, 1.807) is 35.9 Å². The Balaban J connectivity index is 1.58. The average molecular weight is 514 g/mol. The second kappa shape index (κ2) is 11.2. The number of amides is 1. The van der Waals surface area contributed by atoms with Gasteiger partial charge in [-0.1, -0.05) is 47.5 Å². The first-order valence-electron chi connectivity index (χ1n) is 11.3. The number of ether oxygens (including phenoxy) is 1. The van der Waals surface area contributed by atoms with Crippen molar-refractivity contribution in [2.75, 3.05) is 13.7 Å². The fourth-order valence-electron chi connectivity index (χ4n) is 4.58. The highest BCUT2D eigenvalue weighted by atomic mass is 35.5. The molecule has 0 radical (unpaired) electrons. The van der Waals surface area contributed by atoms with E-state index in [1.165, 1.54) is 11.6 Å². The van der Waals surface area contributed by atoms with Gasteiger partial charge in [-0.2, -0.15) is 0 Å². The number of benzene rings is 2. The SMILES string of the molecule is COc1cccc(C2CCCN2Cc2c(Cl)cc(Cl)c(=O)n2CCc2ccc(C(=O)N=O)cc2)c1. The Labute approximate surface area is 213 Å². The Hall–Kier alpha value is -3.00. The Morgan fingerprint density at radius 3 is 2.60 bits per heavy atom. The molecule has 1 aromatic heterocycles. The minimum absolute atomic E-state index is 0.0718. The zero-order valence-corrected chi connectivity index (χ0v) is 20.8. The molecule has 3 aromatic rings. The Kier molecular flexibility index (Phi) is 8.00. The first-order valence-corrected chi connectivity index (χ1v) is 12.1. The van der Waals surface area contributed by atoms with Crippen LogP contribution in [0, 0.1) is 4.91 Å². The molecule has 1 aliphatic rings. The highest BCUT2D eigenvalue weighted by molar-refractivity contribution is 6.34. The molecule has 1 amide bonds. The van der Waals surface area contributed by atoms with Crippen molar-refractivity contribution >= 4 is 29.1 Å². The van der Waals surface area contributed by atoms with Crippen LogP contribution < -0.4 is 10.3 Å². The molecule has 1 unspecified atom stereocenters. The van der Waals surface area contributed by atoms with E-state index in [4.69, 9.17) is 27.9 Å². The lowest BCUT2D eigenvalue weighted by Gasteiger charge is -2.27. The Morgan fingerprint density at radius 2 is 1.89 bits per heavy atom. The maximum absolute atomic E-state index is 13.0. The van der Waals surface area contributed by atoms with Crippen LogP contribution in [0.1, 0.15) is 46.1 Å². The Morgan fingerprint density at radius 1 is 1.11 bits per heavy atom. The number of aromatic nitrogens is 1. The van der Waals surface area contributed by atoms with Crippen LogP contribution in [0.3, 0.4) is 0 Å². The molecule has 0 N–H and O–H groups in total. The summed E-state index contributed by atoms with van der Waals surface area (Å²) < 4.78 is 7.03. The number of halogens is 2. The number of carbonyl (C=O) groups is 1. The minimum atomic E-state index is -0.812. The summed E-state index contributed by atoms with van der Waals surface area (Å²) in [7, 11) is 1.66. The van der Waals surface area contributed by atoms with Gasteiger partial charge < -0.3 is 9.30 Å². The van der Waals surface area contributed by atoms with E-state index in [1.807, 2.05) is 18.2 Å². The summed E-state index contributed by atoms with van der Waals surface area (Å²) in [6.45, 7) is 1.76. The van der Waals surface area contributed by atoms with E-state index in [0.717, 1.165) is 30.7 Å². The van der Waals surface area contributed by atoms with Gasteiger partial charge in [0.05, 0.1) is 17.8 Å². The summed E-state index contributed by atoms with van der Waals surface area (Å²) in [6.07, 6.45) is 2.56. The van der Waals surface area contributed by atoms with Gasteiger partial charge in [-0.05, 0) is 67.3 Å². The third kappa shape index (κ3) is 5.64. The summed E-state index contributed by atoms with van der Waals surface area (Å²) in [5.41, 5.74) is 2.72. The van der Waals surface area contributed by atoms with Crippen molar-refractivity contribution in [3.63, 3.8) is 0 Å². The van der Waals surface area contributed by atoms with Crippen LogP contribution in [-0.2, 0) is 19.5 Å². The van der Waals surface area contributed by atoms with Gasteiger partial charge >= 0.3 is 5.91 Å². The van der Waals surface area contributed by atoms with Crippen molar-refractivity contribution in [3.05, 3.63) is 102 Å². The highest BCUT2D eigenvalue weighted by Crippen LogP contribution is 2.35. The van der Waals surface area contributed by atoms with Gasteiger partial charge in [0.2, 0.25) is 0 Å². The van der Waals surface area contributed by atoms with Gasteiger partial charge in [-0.15, -0.1) is 4.91 Å². The lowest BCUT2D eigenvalue weighted by Crippen LogP contribution is -2.31. The number of nitroso groups, excluding NO2 is 1. The maximum Gasteiger partial charge on any atom is 0.316 e. The largest absolute Gasteiger partial charge is 0.497 e. The van der Waals surface area contributed by atoms with E-state index < -0.39 is 5.91 Å². The molecule has 2 heterocycles. The molecule has 0 bridgehead atoms. The fourth-order valence-corrected chi connectivity index (χ4v) is 5.11. The first-order chi connectivity index (χ1) is 16.9. The molecule has 7 nitrogen and oxygen atoms in total. The Bertz CT molecular complexity index is 1290. The molecule has 4 rings (SSSR count). The number of rotatable bonds is 8. The molecule has 9 heteroatoms. The predicted octanol–water partition coefficient (Wildman–Crippen LogP) is 5.65. The molecule has 0 saturated carbocycles. The fraction of sp³-hybridized carbons (Fsp3) is 0.308. The summed E-state index contributed by atoms with van der Waals surface area (Å²) in [5.74, 6) is 0.000285. The number of nitrogens with zero attached hydrogens (tertiary/aromatic N) is 3. The van der Waals surface area contributed by atoms with Crippen LogP contribution >= 0.6 is 23.2 Å². The molecule has 0 spiro atoms. The topological polar surface area (TPSA) is 81.0 Å². The smallest absolute Gasteiger partial charge is 0.316 e. The molecular weight excluding hydrogens is 489 g/mol. The van der Waals surface area contributed by atoms with Crippen LogP contribution in [0.4, 0.5) is 0 Å². The number of carbonyl (C=O) groups excluding carboxylic acids is 1. The monoisotopic (exact) mass is 513 g/mol. The minimum Gasteiger partial charge on any atom is -0.497 e. The van der Waals surface area contributed by atoms with Gasteiger partial charge in [0.25, 0.3) is 5.56 Å². The van der Waals surface area contributed by atoms with Crippen molar-refractivity contribution < 1.29 is 9.53 Å². The lowest BCUT2D eigenvalue weighted by molar-refractivity contribution is 0.100. The van der Waals surface area contributed by atoms with E-state index >= 15 is 0 Å². The molecule has 182 valence electrons. The zero-order valence-electron chi connectivity index (χ0n) is 19.2. The quantitative estimate of drug-likeness (QED) is 0.363. The van der Waals surface area contributed by atoms with Crippen LogP contribution in [0.25, 0.3) is 0 Å². The molecule has 1 aliphatic heterocycles. The van der Waals surface area contributed by atoms with E-state index in [2.05, 4.69) is 16.1 Å². The average Bonchev–Trinajstić information content (AvgIpc) is 3.35. The number of methoxy groups -OCH3 is 1. The number of pyridine rings is 1. The van der Waals surface area contributed by atoms with Gasteiger partial charge in [0.1, 0.15) is 10.8 Å². The third-order valence-corrected chi connectivity index (χ3v) is 7.01. The van der Waals surface area contributed by atoms with E-state index in [0.29, 0.717) is 30.2 Å². The van der Waals surface area contributed by atoms with Crippen molar-refractivity contribution in [2.45, 2.75) is 38.4 Å². The molecule has 1 saturated heterocycles. The number of hydrogen-bond donors (Lipinski definition) is 0. The van der Waals surface area contributed by atoms with Crippen LogP contribution in [-0.4, -0.2) is 29.0 Å². The third-order valence-electron chi connectivity index (χ3n) is 6.41. The summed E-state index contributed by atoms with van der Waals surface area (Å²) in [6, 6.07) is 16.4. The number of likely N-dealkylation sites (tertiary alicyclic amines) is 1. The molecule has 2 aromatic carbocycles. The summed E-state index contributed by atoms with van der Waals surface area (Å²) in [4.78, 5) is 37.2. The normalized spacial score (nSPS) is 15.8. The number of aryl methyl sites for hydroxylation is 1. The number of hydrogen-bond acceptors (Lipinski definition) is 5. The zero-order chi connectivity index (χ0) is 24.9. The molecular formula is C26H25Cl2N3O4. The molecule has 1 fully saturated rings. The van der Waals surface area contributed by atoms with Gasteiger partial charge in [-0.3, -0.25) is 14.5 Å². The second-order valence-electron chi connectivity index (χ2n) is 8.49. The van der Waals surface area contributed by atoms with E-state index in [-0.39, 0.29) is 22.2 Å². The van der Waals surface area contributed by atoms with Crippen LogP contribution in [0.15, 0.2) is 64.6 Å². The van der Waals surface area contributed by atoms with Crippen molar-refractivity contribution in [2.24, 2.45) is 5.18 Å². The first kappa shape index (κ1) is 25.1.